The van der Waals surface area contributed by atoms with Crippen LogP contribution in [0.25, 0.3) is 0 Å². The summed E-state index contributed by atoms with van der Waals surface area (Å²) in [6.45, 7) is 7.24. The van der Waals surface area contributed by atoms with Gasteiger partial charge in [0.15, 0.2) is 5.11 Å². The van der Waals surface area contributed by atoms with Gasteiger partial charge in [0.05, 0.1) is 11.7 Å². The van der Waals surface area contributed by atoms with Crippen LogP contribution in [-0.4, -0.2) is 21.5 Å². The van der Waals surface area contributed by atoms with E-state index in [9.17, 15) is 0 Å². The molecule has 0 bridgehead atoms. The molecule has 4 nitrogen and oxygen atoms in total. The molecule has 3 rings (SSSR count). The summed E-state index contributed by atoms with van der Waals surface area (Å²) in [5.41, 5.74) is 0.982. The third kappa shape index (κ3) is 2.86. The minimum atomic E-state index is 0.0120. The van der Waals surface area contributed by atoms with Crippen LogP contribution in [0.3, 0.4) is 0 Å². The minimum absolute atomic E-state index is 0.0120. The van der Waals surface area contributed by atoms with Crippen LogP contribution in [-0.2, 0) is 0 Å². The fraction of sp³-hybridized carbons (Fsp3) is 0.412. The van der Waals surface area contributed by atoms with Crippen molar-refractivity contribution in [2.24, 2.45) is 5.92 Å². The zero-order chi connectivity index (χ0) is 15.7. The Morgan fingerprint density at radius 3 is 2.73 bits per heavy atom. The molecule has 1 aliphatic rings. The van der Waals surface area contributed by atoms with Crippen molar-refractivity contribution in [3.05, 3.63) is 53.7 Å². The first-order valence-electron chi connectivity index (χ1n) is 7.60. The third-order valence-electron chi connectivity index (χ3n) is 3.81. The lowest BCUT2D eigenvalue weighted by Crippen LogP contribution is -2.32. The number of aryl methyl sites for hydroxylation is 1. The van der Waals surface area contributed by atoms with Gasteiger partial charge in [-0.05, 0) is 49.3 Å². The Hall–Kier alpha value is -1.88. The van der Waals surface area contributed by atoms with Crippen LogP contribution in [0.4, 0.5) is 0 Å². The van der Waals surface area contributed by atoms with Gasteiger partial charge in [0, 0.05) is 12.7 Å². The molecule has 116 valence electrons. The molecule has 1 saturated heterocycles. The Balaban J connectivity index is 2.00. The van der Waals surface area contributed by atoms with Crippen LogP contribution in [0.2, 0.25) is 0 Å². The minimum Gasteiger partial charge on any atom is -0.464 e. The molecular formula is C17H21N3OS. The van der Waals surface area contributed by atoms with Crippen molar-refractivity contribution in [1.82, 2.24) is 15.2 Å². The van der Waals surface area contributed by atoms with Crippen LogP contribution in [0.1, 0.15) is 43.1 Å². The zero-order valence-electron chi connectivity index (χ0n) is 13.1. The maximum atomic E-state index is 5.91. The number of furan rings is 1. The molecule has 1 aliphatic heterocycles. The van der Waals surface area contributed by atoms with E-state index in [2.05, 4.69) is 29.0 Å². The van der Waals surface area contributed by atoms with E-state index in [4.69, 9.17) is 16.6 Å². The summed E-state index contributed by atoms with van der Waals surface area (Å²) in [7, 11) is 0. The average Bonchev–Trinajstić information content (AvgIpc) is 3.04. The Labute approximate surface area is 136 Å². The maximum Gasteiger partial charge on any atom is 0.170 e. The number of hydrogen-bond acceptors (Lipinski definition) is 3. The molecule has 1 N–H and O–H groups in total. The van der Waals surface area contributed by atoms with E-state index in [0.29, 0.717) is 5.92 Å². The molecule has 0 unspecified atom stereocenters. The van der Waals surface area contributed by atoms with E-state index in [1.54, 1.807) is 0 Å². The summed E-state index contributed by atoms with van der Waals surface area (Å²) in [5.74, 6) is 2.36. The van der Waals surface area contributed by atoms with Gasteiger partial charge in [-0.25, -0.2) is 0 Å². The highest BCUT2D eigenvalue weighted by Gasteiger charge is 2.41. The van der Waals surface area contributed by atoms with Crippen molar-refractivity contribution < 1.29 is 4.42 Å². The molecule has 0 saturated carbocycles. The number of nitrogens with one attached hydrogen (secondary N) is 1. The lowest BCUT2D eigenvalue weighted by atomic mass is 10.0. The van der Waals surface area contributed by atoms with Gasteiger partial charge in [-0.3, -0.25) is 4.98 Å². The molecule has 2 aromatic rings. The standard InChI is InChI=1S/C17H21N3OS/c1-11(2)10-20-16(14-8-7-12(3)21-14)15(19-17(20)22)13-6-4-5-9-18-13/h4-9,11,15-16H,10H2,1-3H3,(H,19,22)/t15-,16-/m0/s1. The van der Waals surface area contributed by atoms with Crippen molar-refractivity contribution >= 4 is 17.3 Å². The quantitative estimate of drug-likeness (QED) is 0.873. The van der Waals surface area contributed by atoms with Gasteiger partial charge in [0.1, 0.15) is 17.6 Å². The molecule has 0 spiro atoms. The zero-order valence-corrected chi connectivity index (χ0v) is 13.9. The fourth-order valence-corrected chi connectivity index (χ4v) is 3.23. The first-order chi connectivity index (χ1) is 10.6. The normalized spacial score (nSPS) is 21.5. The van der Waals surface area contributed by atoms with Gasteiger partial charge < -0.3 is 14.6 Å². The Morgan fingerprint density at radius 2 is 2.14 bits per heavy atom. The van der Waals surface area contributed by atoms with E-state index in [0.717, 1.165) is 28.9 Å². The average molecular weight is 315 g/mol. The third-order valence-corrected chi connectivity index (χ3v) is 4.16. The summed E-state index contributed by atoms with van der Waals surface area (Å²) < 4.78 is 5.91. The highest BCUT2D eigenvalue weighted by molar-refractivity contribution is 7.80. The van der Waals surface area contributed by atoms with Crippen molar-refractivity contribution in [3.8, 4) is 0 Å². The topological polar surface area (TPSA) is 41.3 Å². The van der Waals surface area contributed by atoms with Gasteiger partial charge in [-0.1, -0.05) is 19.9 Å². The van der Waals surface area contributed by atoms with Crippen LogP contribution in [0.15, 0.2) is 40.9 Å². The van der Waals surface area contributed by atoms with Crippen molar-refractivity contribution in [3.63, 3.8) is 0 Å². The lowest BCUT2D eigenvalue weighted by molar-refractivity contribution is 0.249. The summed E-state index contributed by atoms with van der Waals surface area (Å²) in [6, 6.07) is 10.1. The molecule has 5 heteroatoms. The van der Waals surface area contributed by atoms with Crippen LogP contribution >= 0.6 is 12.2 Å². The van der Waals surface area contributed by atoms with Crippen molar-refractivity contribution in [2.45, 2.75) is 32.9 Å². The van der Waals surface area contributed by atoms with Crippen molar-refractivity contribution in [1.29, 1.82) is 0 Å². The Kier molecular flexibility index (Phi) is 4.16. The molecule has 0 aromatic carbocycles. The molecule has 3 heterocycles. The molecular weight excluding hydrogens is 294 g/mol. The number of nitrogens with zero attached hydrogens (tertiary/aromatic N) is 2. The first kappa shape index (κ1) is 15.0. The van der Waals surface area contributed by atoms with Crippen LogP contribution in [0, 0.1) is 12.8 Å². The van der Waals surface area contributed by atoms with Gasteiger partial charge in [0.25, 0.3) is 0 Å². The van der Waals surface area contributed by atoms with Gasteiger partial charge in [-0.2, -0.15) is 0 Å². The number of hydrogen-bond donors (Lipinski definition) is 1. The molecule has 0 amide bonds. The lowest BCUT2D eigenvalue weighted by Gasteiger charge is -2.27. The Bertz CT molecular complexity index is 653. The fourth-order valence-electron chi connectivity index (χ4n) is 2.92. The SMILES string of the molecule is Cc1ccc([C@H]2[C@H](c3ccccn3)NC(=S)N2CC(C)C)o1. The summed E-state index contributed by atoms with van der Waals surface area (Å²) in [4.78, 5) is 6.72. The molecule has 2 aromatic heterocycles. The molecule has 0 aliphatic carbocycles. The first-order valence-corrected chi connectivity index (χ1v) is 8.01. The number of rotatable bonds is 4. The monoisotopic (exact) mass is 315 g/mol. The second-order valence-electron chi connectivity index (χ2n) is 6.12. The predicted octanol–water partition coefficient (Wildman–Crippen LogP) is 3.61. The summed E-state index contributed by atoms with van der Waals surface area (Å²) in [5, 5.41) is 4.19. The smallest absolute Gasteiger partial charge is 0.170 e. The molecule has 2 atom stereocenters. The van der Waals surface area contributed by atoms with E-state index < -0.39 is 0 Å². The van der Waals surface area contributed by atoms with Gasteiger partial charge >= 0.3 is 0 Å². The van der Waals surface area contributed by atoms with Crippen LogP contribution in [0.5, 0.6) is 0 Å². The molecule has 1 fully saturated rings. The second kappa shape index (κ2) is 6.08. The highest BCUT2D eigenvalue weighted by Crippen LogP contribution is 2.39. The van der Waals surface area contributed by atoms with E-state index >= 15 is 0 Å². The number of thiocarbonyl (C=S) groups is 1. The van der Waals surface area contributed by atoms with E-state index in [1.165, 1.54) is 0 Å². The van der Waals surface area contributed by atoms with E-state index in [-0.39, 0.29) is 12.1 Å². The number of aromatic nitrogens is 1. The van der Waals surface area contributed by atoms with E-state index in [1.807, 2.05) is 43.5 Å². The summed E-state index contributed by atoms with van der Waals surface area (Å²) >= 11 is 5.57. The highest BCUT2D eigenvalue weighted by atomic mass is 32.1. The van der Waals surface area contributed by atoms with Gasteiger partial charge in [0.2, 0.25) is 0 Å². The molecule has 0 radical (unpaired) electrons. The predicted molar refractivity (Wildman–Crippen MR) is 90.4 cm³/mol. The molecule has 22 heavy (non-hydrogen) atoms. The van der Waals surface area contributed by atoms with Crippen LogP contribution < -0.4 is 5.32 Å². The Morgan fingerprint density at radius 1 is 1.32 bits per heavy atom. The largest absolute Gasteiger partial charge is 0.464 e. The number of pyridine rings is 1. The summed E-state index contributed by atoms with van der Waals surface area (Å²) in [6.07, 6.45) is 1.82. The maximum absolute atomic E-state index is 5.91. The second-order valence-corrected chi connectivity index (χ2v) is 6.51. The van der Waals surface area contributed by atoms with Crippen molar-refractivity contribution in [2.75, 3.05) is 6.54 Å². The van der Waals surface area contributed by atoms with Gasteiger partial charge in [-0.15, -0.1) is 0 Å².